The molecule has 0 aliphatic carbocycles. The number of nitrogens with one attached hydrogen (secondary N) is 1. The Bertz CT molecular complexity index is 1300. The largest absolute Gasteiger partial charge is 0.480 e. The molecule has 0 saturated heterocycles. The first-order valence-corrected chi connectivity index (χ1v) is 14.3. The number of aliphatic carboxylic acids is 2. The van der Waals surface area contributed by atoms with Crippen LogP contribution in [0.4, 0.5) is 31.1 Å². The predicted molar refractivity (Wildman–Crippen MR) is 175 cm³/mol. The van der Waals surface area contributed by atoms with E-state index in [1.807, 2.05) is 0 Å². The fourth-order valence-electron chi connectivity index (χ4n) is 3.34. The molecule has 0 fully saturated rings. The zero-order chi connectivity index (χ0) is 38.0. The second-order valence-electron chi connectivity index (χ2n) is 10.8. The van der Waals surface area contributed by atoms with Gasteiger partial charge >= 0.3 is 36.4 Å². The molecule has 0 bridgehead atoms. The summed E-state index contributed by atoms with van der Waals surface area (Å²) in [5, 5.41) is 19.3. The number of halogens is 8. The highest BCUT2D eigenvalue weighted by molar-refractivity contribution is 5.85. The number of amides is 1. The number of carboxylic acids is 2. The monoisotopic (exact) mass is 786 g/mol. The molecule has 12 nitrogen and oxygen atoms in total. The molecule has 0 heterocycles. The molecule has 292 valence electrons. The fraction of sp³-hybridized carbons (Fsp3) is 0.484. The van der Waals surface area contributed by atoms with Crippen LogP contribution < -0.4 is 11.1 Å². The van der Waals surface area contributed by atoms with Gasteiger partial charge in [-0.1, -0.05) is 60.7 Å². The minimum absolute atomic E-state index is 0. The summed E-state index contributed by atoms with van der Waals surface area (Å²) in [5.74, 6) is -3.86. The number of rotatable bonds is 12. The molecule has 0 saturated carbocycles. The van der Waals surface area contributed by atoms with Gasteiger partial charge in [-0.25, -0.2) is 9.59 Å². The summed E-state index contributed by atoms with van der Waals surface area (Å²) in [7, 11) is 0. The van der Waals surface area contributed by atoms with Crippen LogP contribution in [-0.4, -0.2) is 83.1 Å². The number of carbonyl (C=O) groups is 4. The van der Waals surface area contributed by atoms with Gasteiger partial charge in [0, 0.05) is 6.92 Å². The summed E-state index contributed by atoms with van der Waals surface area (Å²) in [6.07, 6.45) is -16.4. The molecule has 2 aromatic carbocycles. The van der Waals surface area contributed by atoms with Crippen molar-refractivity contribution in [2.45, 2.75) is 90.1 Å². The molecule has 5 N–H and O–H groups in total. The van der Waals surface area contributed by atoms with Gasteiger partial charge in [0.2, 0.25) is 0 Å². The Hall–Kier alpha value is -3.84. The average Bonchev–Trinajstić information content (AvgIpc) is 2.96. The molecule has 20 heteroatoms. The summed E-state index contributed by atoms with van der Waals surface area (Å²) < 4.78 is 96.0. The van der Waals surface area contributed by atoms with Gasteiger partial charge in [0.05, 0.1) is 19.8 Å². The summed E-state index contributed by atoms with van der Waals surface area (Å²) >= 11 is 0. The minimum atomic E-state index is -5.01. The smallest absolute Gasteiger partial charge is 0.417 e. The van der Waals surface area contributed by atoms with E-state index in [9.17, 15) is 45.5 Å². The maximum absolute atomic E-state index is 13.2. The van der Waals surface area contributed by atoms with Crippen LogP contribution in [0.2, 0.25) is 0 Å². The van der Waals surface area contributed by atoms with Crippen LogP contribution in [0.25, 0.3) is 0 Å². The standard InChI is InChI=1S/C16H20F3NO5.C11H12F3NO3.C4H8O2.2ClH/c1-15(2,3)25-14(23)20-11(13(21)22)12(16(17,18)19)24-9-10-7-5-4-6-8-10;12-11(13,14)9(8(15)10(16)17)18-6-7-4-2-1-3-5-7;1-3-6-4(2)5;;/h4-8,11-12H,9H2,1-3H3,(H,20,23)(H,21,22);1-5,8-9H,6,15H2,(H,16,17);3H2,1-2H3;2*1H/t11-,12+;8-,9+;;;/m11.../s1. The van der Waals surface area contributed by atoms with E-state index >= 15 is 0 Å². The Balaban J connectivity index is -0.000000777. The van der Waals surface area contributed by atoms with Crippen LogP contribution in [0.15, 0.2) is 60.7 Å². The molecule has 1 amide bonds. The lowest BCUT2D eigenvalue weighted by molar-refractivity contribution is -0.233. The number of nitrogens with two attached hydrogens (primary N) is 1. The summed E-state index contributed by atoms with van der Waals surface area (Å²) in [6.45, 7) is 7.32. The number of hydrogen-bond acceptors (Lipinski definition) is 9. The van der Waals surface area contributed by atoms with E-state index in [0.29, 0.717) is 17.7 Å². The van der Waals surface area contributed by atoms with Gasteiger partial charge in [-0.3, -0.25) is 9.59 Å². The van der Waals surface area contributed by atoms with Crippen molar-refractivity contribution < 1.29 is 74.7 Å². The number of carbonyl (C=O) groups excluding carboxylic acids is 2. The Labute approximate surface area is 302 Å². The molecule has 0 aromatic heterocycles. The first-order valence-electron chi connectivity index (χ1n) is 14.3. The molecule has 0 aliphatic heterocycles. The Morgan fingerprint density at radius 3 is 1.41 bits per heavy atom. The van der Waals surface area contributed by atoms with Crippen molar-refractivity contribution >= 4 is 48.8 Å². The molecule has 2 aromatic rings. The number of hydrogen-bond donors (Lipinski definition) is 4. The molecule has 2 rings (SSSR count). The molecule has 0 aliphatic rings. The van der Waals surface area contributed by atoms with Crippen LogP contribution >= 0.6 is 24.8 Å². The topological polar surface area (TPSA) is 184 Å². The highest BCUT2D eigenvalue weighted by atomic mass is 35.5. The zero-order valence-electron chi connectivity index (χ0n) is 28.0. The van der Waals surface area contributed by atoms with Crippen molar-refractivity contribution in [3.05, 3.63) is 71.8 Å². The van der Waals surface area contributed by atoms with E-state index < -0.39 is 66.9 Å². The lowest BCUT2D eigenvalue weighted by Crippen LogP contribution is -2.56. The number of ether oxygens (including phenoxy) is 4. The third kappa shape index (κ3) is 23.3. The average molecular weight is 788 g/mol. The molecule has 4 atom stereocenters. The van der Waals surface area contributed by atoms with Gasteiger partial charge in [0.25, 0.3) is 0 Å². The zero-order valence-corrected chi connectivity index (χ0v) is 29.7. The highest BCUT2D eigenvalue weighted by Crippen LogP contribution is 2.28. The summed E-state index contributed by atoms with van der Waals surface area (Å²) in [5.41, 5.74) is 4.91. The number of carboxylic acid groups (broad SMARTS) is 2. The van der Waals surface area contributed by atoms with E-state index in [4.69, 9.17) is 25.4 Å². The Morgan fingerprint density at radius 2 is 1.14 bits per heavy atom. The lowest BCUT2D eigenvalue weighted by atomic mass is 10.1. The molecule has 0 radical (unpaired) electrons. The normalized spacial score (nSPS) is 13.3. The van der Waals surface area contributed by atoms with Gasteiger partial charge in [-0.2, -0.15) is 26.3 Å². The van der Waals surface area contributed by atoms with Crippen molar-refractivity contribution in [1.29, 1.82) is 0 Å². The fourth-order valence-corrected chi connectivity index (χ4v) is 3.34. The maximum Gasteiger partial charge on any atom is 0.417 e. The Kier molecular flexibility index (Phi) is 24.6. The van der Waals surface area contributed by atoms with E-state index in [1.165, 1.54) is 39.8 Å². The number of alkyl carbamates (subject to hydrolysis) is 1. The minimum Gasteiger partial charge on any atom is -0.480 e. The highest BCUT2D eigenvalue weighted by Gasteiger charge is 2.50. The van der Waals surface area contributed by atoms with E-state index in [-0.39, 0.29) is 37.4 Å². The van der Waals surface area contributed by atoms with Gasteiger partial charge in [-0.15, -0.1) is 24.8 Å². The van der Waals surface area contributed by atoms with Crippen LogP contribution in [0.5, 0.6) is 0 Å². The third-order valence-electron chi connectivity index (χ3n) is 5.39. The van der Waals surface area contributed by atoms with E-state index in [1.54, 1.807) is 60.8 Å². The number of esters is 1. The van der Waals surface area contributed by atoms with Gasteiger partial charge in [0.1, 0.15) is 11.6 Å². The molecule has 0 spiro atoms. The SMILES string of the molecule is CC(C)(C)OC(=O)N[C@@H](C(=O)O)[C@H](OCc1ccccc1)C(F)(F)F.CCOC(C)=O.Cl.Cl.N[C@@H](C(=O)O)[C@H](OCc1ccccc1)C(F)(F)F. The second kappa shape index (κ2) is 24.4. The van der Waals surface area contributed by atoms with Crippen molar-refractivity contribution in [2.24, 2.45) is 5.73 Å². The van der Waals surface area contributed by atoms with Crippen LogP contribution in [0, 0.1) is 0 Å². The molecular formula is C31H42Cl2F6N2O10. The first-order chi connectivity index (χ1) is 22.5. The quantitative estimate of drug-likeness (QED) is 0.145. The maximum atomic E-state index is 13.2. The number of benzene rings is 2. The van der Waals surface area contributed by atoms with E-state index in [0.717, 1.165) is 0 Å². The van der Waals surface area contributed by atoms with Crippen LogP contribution in [0.1, 0.15) is 45.7 Å². The summed E-state index contributed by atoms with van der Waals surface area (Å²) in [4.78, 5) is 43.2. The molecule has 0 unspecified atom stereocenters. The van der Waals surface area contributed by atoms with Crippen molar-refractivity contribution in [1.82, 2.24) is 5.32 Å². The predicted octanol–water partition coefficient (Wildman–Crippen LogP) is 6.07. The van der Waals surface area contributed by atoms with Crippen molar-refractivity contribution in [2.75, 3.05) is 6.61 Å². The summed E-state index contributed by atoms with van der Waals surface area (Å²) in [6, 6.07) is 11.6. The molecule has 51 heavy (non-hydrogen) atoms. The van der Waals surface area contributed by atoms with Gasteiger partial charge < -0.3 is 40.2 Å². The van der Waals surface area contributed by atoms with Gasteiger partial charge in [0.15, 0.2) is 18.2 Å². The molecular weight excluding hydrogens is 745 g/mol. The lowest BCUT2D eigenvalue weighted by Gasteiger charge is -2.28. The first kappa shape index (κ1) is 51.5. The third-order valence-corrected chi connectivity index (χ3v) is 5.39. The van der Waals surface area contributed by atoms with Gasteiger partial charge in [-0.05, 0) is 38.8 Å². The van der Waals surface area contributed by atoms with E-state index in [2.05, 4.69) is 9.47 Å². The van der Waals surface area contributed by atoms with Crippen molar-refractivity contribution in [3.63, 3.8) is 0 Å². The Morgan fingerprint density at radius 1 is 0.745 bits per heavy atom. The number of alkyl halides is 6. The van der Waals surface area contributed by atoms with Crippen molar-refractivity contribution in [3.8, 4) is 0 Å². The van der Waals surface area contributed by atoms with Crippen LogP contribution in [0.3, 0.4) is 0 Å². The second-order valence-corrected chi connectivity index (χ2v) is 10.8. The van der Waals surface area contributed by atoms with Crippen LogP contribution in [-0.2, 0) is 46.5 Å².